The van der Waals surface area contributed by atoms with Crippen LogP contribution in [-0.2, 0) is 0 Å². The van der Waals surface area contributed by atoms with E-state index < -0.39 is 0 Å². The maximum atomic E-state index is 4.80. The molecule has 0 amide bonds. The van der Waals surface area contributed by atoms with Crippen molar-refractivity contribution < 1.29 is 0 Å². The Morgan fingerprint density at radius 2 is 2.10 bits per heavy atom. The van der Waals surface area contributed by atoms with Gasteiger partial charge < -0.3 is 15.5 Å². The zero-order valence-electron chi connectivity index (χ0n) is 14.6. The maximum absolute atomic E-state index is 4.80. The molecule has 0 bridgehead atoms. The number of nitrogens with zero attached hydrogens (tertiary/aromatic N) is 2. The van der Waals surface area contributed by atoms with Crippen LogP contribution in [0.15, 0.2) is 4.99 Å². The molecular formula is C17H36N4. The molecule has 0 spiro atoms. The summed E-state index contributed by atoms with van der Waals surface area (Å²) in [5.41, 5.74) is 0. The fourth-order valence-electron chi connectivity index (χ4n) is 2.91. The van der Waals surface area contributed by atoms with Gasteiger partial charge in [0.15, 0.2) is 5.96 Å². The highest BCUT2D eigenvalue weighted by Crippen LogP contribution is 2.14. The van der Waals surface area contributed by atoms with Gasteiger partial charge in [-0.3, -0.25) is 4.99 Å². The third-order valence-electron chi connectivity index (χ3n) is 4.44. The molecule has 0 aromatic heterocycles. The van der Waals surface area contributed by atoms with Crippen LogP contribution in [0.5, 0.6) is 0 Å². The Balaban J connectivity index is 2.37. The number of rotatable bonds is 9. The number of nitrogens with one attached hydrogen (secondary N) is 2. The van der Waals surface area contributed by atoms with E-state index in [0.29, 0.717) is 0 Å². The van der Waals surface area contributed by atoms with Crippen molar-refractivity contribution in [3.63, 3.8) is 0 Å². The fraction of sp³-hybridized carbons (Fsp3) is 0.941. The first-order valence-electron chi connectivity index (χ1n) is 8.90. The molecule has 1 fully saturated rings. The van der Waals surface area contributed by atoms with Crippen LogP contribution in [0, 0.1) is 11.8 Å². The van der Waals surface area contributed by atoms with Crippen molar-refractivity contribution in [3.05, 3.63) is 0 Å². The van der Waals surface area contributed by atoms with E-state index >= 15 is 0 Å². The molecule has 0 aromatic rings. The standard InChI is InChI=1S/C17H36N4/c1-5-8-9-15(6-2)12-19-17(18-7-3)20-13-16-10-11-21(4)14-16/h15-16H,5-14H2,1-4H3,(H2,18,19,20). The first-order valence-corrected chi connectivity index (χ1v) is 8.90. The predicted octanol–water partition coefficient (Wildman–Crippen LogP) is 2.71. The lowest BCUT2D eigenvalue weighted by molar-refractivity contribution is 0.393. The minimum absolute atomic E-state index is 0.734. The Kier molecular flexibility index (Phi) is 9.48. The number of aliphatic imine (C=N–C) groups is 1. The highest BCUT2D eigenvalue weighted by atomic mass is 15.2. The monoisotopic (exact) mass is 296 g/mol. The van der Waals surface area contributed by atoms with Crippen LogP contribution >= 0.6 is 0 Å². The van der Waals surface area contributed by atoms with Gasteiger partial charge >= 0.3 is 0 Å². The van der Waals surface area contributed by atoms with Gasteiger partial charge in [0.1, 0.15) is 0 Å². The lowest BCUT2D eigenvalue weighted by Gasteiger charge is -2.17. The molecule has 0 aliphatic carbocycles. The van der Waals surface area contributed by atoms with E-state index in [2.05, 4.69) is 43.4 Å². The summed E-state index contributed by atoms with van der Waals surface area (Å²) >= 11 is 0. The van der Waals surface area contributed by atoms with Crippen molar-refractivity contribution in [3.8, 4) is 0 Å². The van der Waals surface area contributed by atoms with Crippen LogP contribution in [0.3, 0.4) is 0 Å². The van der Waals surface area contributed by atoms with E-state index in [1.54, 1.807) is 0 Å². The van der Waals surface area contributed by atoms with Crippen molar-refractivity contribution in [1.82, 2.24) is 15.5 Å². The van der Waals surface area contributed by atoms with Crippen LogP contribution in [0.2, 0.25) is 0 Å². The van der Waals surface area contributed by atoms with Gasteiger partial charge in [-0.15, -0.1) is 0 Å². The molecule has 2 N–H and O–H groups in total. The van der Waals surface area contributed by atoms with Crippen molar-refractivity contribution in [2.24, 2.45) is 16.8 Å². The van der Waals surface area contributed by atoms with Crippen molar-refractivity contribution >= 4 is 5.96 Å². The number of hydrogen-bond acceptors (Lipinski definition) is 2. The van der Waals surface area contributed by atoms with Gasteiger partial charge in [0, 0.05) is 26.2 Å². The average molecular weight is 297 g/mol. The van der Waals surface area contributed by atoms with Gasteiger partial charge in [-0.05, 0) is 45.2 Å². The number of unbranched alkanes of at least 4 members (excludes halogenated alkanes) is 1. The van der Waals surface area contributed by atoms with Crippen LogP contribution in [0.4, 0.5) is 0 Å². The molecule has 1 aliphatic heterocycles. The summed E-state index contributed by atoms with van der Waals surface area (Å²) in [5, 5.41) is 6.91. The highest BCUT2D eigenvalue weighted by Gasteiger charge is 2.19. The average Bonchev–Trinajstić information content (AvgIpc) is 2.90. The summed E-state index contributed by atoms with van der Waals surface area (Å²) in [7, 11) is 2.21. The second kappa shape index (κ2) is 10.9. The largest absolute Gasteiger partial charge is 0.357 e. The summed E-state index contributed by atoms with van der Waals surface area (Å²) < 4.78 is 0. The van der Waals surface area contributed by atoms with E-state index in [4.69, 9.17) is 4.99 Å². The third kappa shape index (κ3) is 7.70. The zero-order valence-corrected chi connectivity index (χ0v) is 14.6. The van der Waals surface area contributed by atoms with Crippen LogP contribution < -0.4 is 10.6 Å². The highest BCUT2D eigenvalue weighted by molar-refractivity contribution is 5.79. The van der Waals surface area contributed by atoms with E-state index in [1.807, 2.05) is 0 Å². The van der Waals surface area contributed by atoms with Crippen molar-refractivity contribution in [2.75, 3.05) is 39.8 Å². The first kappa shape index (κ1) is 18.3. The molecule has 2 atom stereocenters. The number of guanidine groups is 1. The van der Waals surface area contributed by atoms with Crippen LogP contribution in [0.25, 0.3) is 0 Å². The first-order chi connectivity index (χ1) is 10.2. The lowest BCUT2D eigenvalue weighted by Crippen LogP contribution is -2.40. The van der Waals surface area contributed by atoms with Crippen LogP contribution in [-0.4, -0.2) is 50.6 Å². The van der Waals surface area contributed by atoms with Gasteiger partial charge in [-0.25, -0.2) is 0 Å². The molecule has 0 aromatic carbocycles. The molecule has 0 saturated carbocycles. The lowest BCUT2D eigenvalue weighted by atomic mass is 10.00. The Morgan fingerprint density at radius 1 is 1.29 bits per heavy atom. The second-order valence-corrected chi connectivity index (χ2v) is 6.43. The van der Waals surface area contributed by atoms with E-state index in [9.17, 15) is 0 Å². The van der Waals surface area contributed by atoms with Gasteiger partial charge in [0.2, 0.25) is 0 Å². The SMILES string of the molecule is CCCCC(CC)CN=C(NCC)NCC1CCN(C)C1. The third-order valence-corrected chi connectivity index (χ3v) is 4.44. The molecule has 1 heterocycles. The maximum Gasteiger partial charge on any atom is 0.191 e. The molecule has 1 aliphatic rings. The Bertz CT molecular complexity index is 291. The quantitative estimate of drug-likeness (QED) is 0.508. The molecule has 2 unspecified atom stereocenters. The number of likely N-dealkylation sites (tertiary alicyclic amines) is 1. The van der Waals surface area contributed by atoms with Crippen molar-refractivity contribution in [1.29, 1.82) is 0 Å². The van der Waals surface area contributed by atoms with Gasteiger partial charge in [0.25, 0.3) is 0 Å². The van der Waals surface area contributed by atoms with Crippen molar-refractivity contribution in [2.45, 2.75) is 52.9 Å². The molecular weight excluding hydrogens is 260 g/mol. The van der Waals surface area contributed by atoms with Gasteiger partial charge in [0.05, 0.1) is 0 Å². The molecule has 124 valence electrons. The van der Waals surface area contributed by atoms with E-state index in [1.165, 1.54) is 45.2 Å². The summed E-state index contributed by atoms with van der Waals surface area (Å²) in [5.74, 6) is 2.50. The van der Waals surface area contributed by atoms with Crippen LogP contribution in [0.1, 0.15) is 52.9 Å². The zero-order chi connectivity index (χ0) is 15.5. The Morgan fingerprint density at radius 3 is 2.67 bits per heavy atom. The summed E-state index contributed by atoms with van der Waals surface area (Å²) in [6, 6.07) is 0. The molecule has 21 heavy (non-hydrogen) atoms. The molecule has 0 radical (unpaired) electrons. The molecule has 1 saturated heterocycles. The normalized spacial score (nSPS) is 21.5. The van der Waals surface area contributed by atoms with Gasteiger partial charge in [-0.1, -0.05) is 33.1 Å². The number of hydrogen-bond donors (Lipinski definition) is 2. The molecule has 1 rings (SSSR count). The smallest absolute Gasteiger partial charge is 0.191 e. The Hall–Kier alpha value is -0.770. The van der Waals surface area contributed by atoms with E-state index in [0.717, 1.165) is 37.4 Å². The summed E-state index contributed by atoms with van der Waals surface area (Å²) in [6.45, 7) is 12.1. The Labute approximate surface area is 131 Å². The molecule has 4 heteroatoms. The minimum atomic E-state index is 0.734. The molecule has 4 nitrogen and oxygen atoms in total. The van der Waals surface area contributed by atoms with Gasteiger partial charge in [-0.2, -0.15) is 0 Å². The summed E-state index contributed by atoms with van der Waals surface area (Å²) in [4.78, 5) is 7.21. The van der Waals surface area contributed by atoms with E-state index in [-0.39, 0.29) is 0 Å². The predicted molar refractivity (Wildman–Crippen MR) is 92.9 cm³/mol. The second-order valence-electron chi connectivity index (χ2n) is 6.43. The fourth-order valence-corrected chi connectivity index (χ4v) is 2.91. The topological polar surface area (TPSA) is 39.7 Å². The summed E-state index contributed by atoms with van der Waals surface area (Å²) in [6.07, 6.45) is 6.46. The minimum Gasteiger partial charge on any atom is -0.357 e.